The Morgan fingerprint density at radius 2 is 1.92 bits per heavy atom. The van der Waals surface area contributed by atoms with Crippen LogP contribution in [0.25, 0.3) is 16.6 Å². The minimum Gasteiger partial charge on any atom is -0.372 e. The van der Waals surface area contributed by atoms with E-state index in [0.29, 0.717) is 11.6 Å². The Labute approximate surface area is 225 Å². The third-order valence-corrected chi connectivity index (χ3v) is 8.35. The number of aromatic nitrogens is 2. The van der Waals surface area contributed by atoms with E-state index < -0.39 is 0 Å². The van der Waals surface area contributed by atoms with Crippen LogP contribution in [0.2, 0.25) is 5.02 Å². The number of allylic oxidation sites excluding steroid dienone is 1. The Kier molecular flexibility index (Phi) is 7.48. The maximum atomic E-state index is 9.25. The molecule has 0 saturated carbocycles. The molecule has 2 aliphatic rings. The van der Waals surface area contributed by atoms with Gasteiger partial charge in [-0.1, -0.05) is 50.2 Å². The lowest BCUT2D eigenvalue weighted by molar-refractivity contribution is 0.209. The van der Waals surface area contributed by atoms with Crippen LogP contribution in [0, 0.1) is 11.3 Å². The second kappa shape index (κ2) is 10.9. The molecule has 0 radical (unpaired) electrons. The van der Waals surface area contributed by atoms with E-state index in [9.17, 15) is 5.26 Å². The highest BCUT2D eigenvalue weighted by Gasteiger charge is 2.25. The Balaban J connectivity index is 1.34. The number of nitrogens with zero attached hydrogens (tertiary/aromatic N) is 5. The quantitative estimate of drug-likeness (QED) is 0.352. The summed E-state index contributed by atoms with van der Waals surface area (Å²) in [5, 5.41) is 11.1. The molecule has 3 aromatic rings. The van der Waals surface area contributed by atoms with Crippen molar-refractivity contribution in [3.05, 3.63) is 88.5 Å². The third kappa shape index (κ3) is 5.22. The zero-order valence-electron chi connectivity index (χ0n) is 21.6. The molecular formula is C31H34ClN5. The van der Waals surface area contributed by atoms with Gasteiger partial charge in [0.15, 0.2) is 0 Å². The van der Waals surface area contributed by atoms with Crippen LogP contribution >= 0.6 is 11.6 Å². The fraction of sp³-hybridized carbons (Fsp3) is 0.387. The number of pyridine rings is 2. The standard InChI is InChI=1S/C31H34ClN5/c1-4-5-6-21(2)36-13-15-37(16-14-36)22(3)23-7-9-27-29(18-23)35-30-19-24(8-10-28(30)31(27)32)25-11-12-34-26(17-25)20-33/h7,9,11-12,17-18,24H,2-6,8,10,13-16,19H2,1H3. The van der Waals surface area contributed by atoms with E-state index in [-0.39, 0.29) is 0 Å². The van der Waals surface area contributed by atoms with Crippen LogP contribution in [-0.4, -0.2) is 45.9 Å². The number of halogens is 1. The summed E-state index contributed by atoms with van der Waals surface area (Å²) in [5.41, 5.74) is 8.13. The van der Waals surface area contributed by atoms with Gasteiger partial charge in [-0.25, -0.2) is 4.98 Å². The molecule has 1 atom stereocenters. The van der Waals surface area contributed by atoms with E-state index >= 15 is 0 Å². The fourth-order valence-electron chi connectivity index (χ4n) is 5.63. The van der Waals surface area contributed by atoms with Crippen molar-refractivity contribution < 1.29 is 0 Å². The molecule has 37 heavy (non-hydrogen) atoms. The van der Waals surface area contributed by atoms with Gasteiger partial charge in [-0.05, 0) is 72.9 Å². The first-order chi connectivity index (χ1) is 18.0. The lowest BCUT2D eigenvalue weighted by Gasteiger charge is -2.39. The zero-order valence-corrected chi connectivity index (χ0v) is 22.4. The normalized spacial score (nSPS) is 17.4. The van der Waals surface area contributed by atoms with Crippen LogP contribution < -0.4 is 0 Å². The van der Waals surface area contributed by atoms with E-state index in [1.807, 2.05) is 12.1 Å². The van der Waals surface area contributed by atoms with Crippen molar-refractivity contribution >= 4 is 28.2 Å². The summed E-state index contributed by atoms with van der Waals surface area (Å²) >= 11 is 6.92. The monoisotopic (exact) mass is 511 g/mol. The molecule has 5 rings (SSSR count). The summed E-state index contributed by atoms with van der Waals surface area (Å²) in [6.07, 6.45) is 7.89. The molecule has 0 N–H and O–H groups in total. The first-order valence-electron chi connectivity index (χ1n) is 13.3. The van der Waals surface area contributed by atoms with Crippen molar-refractivity contribution in [3.8, 4) is 6.07 Å². The zero-order chi connectivity index (χ0) is 25.9. The average molecular weight is 512 g/mol. The molecule has 1 aliphatic carbocycles. The second-order valence-corrected chi connectivity index (χ2v) is 10.6. The van der Waals surface area contributed by atoms with Gasteiger partial charge in [0.1, 0.15) is 11.8 Å². The Bertz CT molecular complexity index is 1380. The molecule has 2 aromatic heterocycles. The van der Waals surface area contributed by atoms with Crippen molar-refractivity contribution in [1.29, 1.82) is 5.26 Å². The maximum absolute atomic E-state index is 9.25. The molecular weight excluding hydrogens is 478 g/mol. The van der Waals surface area contributed by atoms with Crippen LogP contribution in [0.15, 0.2) is 55.4 Å². The molecule has 1 unspecified atom stereocenters. The largest absolute Gasteiger partial charge is 0.372 e. The van der Waals surface area contributed by atoms with Crippen molar-refractivity contribution in [2.45, 2.75) is 51.4 Å². The highest BCUT2D eigenvalue weighted by molar-refractivity contribution is 6.36. The van der Waals surface area contributed by atoms with Crippen molar-refractivity contribution in [3.63, 3.8) is 0 Å². The average Bonchev–Trinajstić information content (AvgIpc) is 2.95. The van der Waals surface area contributed by atoms with Crippen molar-refractivity contribution in [1.82, 2.24) is 19.8 Å². The first kappa shape index (κ1) is 25.3. The minimum absolute atomic E-state index is 0.310. The number of rotatable bonds is 7. The lowest BCUT2D eigenvalue weighted by Crippen LogP contribution is -2.44. The highest BCUT2D eigenvalue weighted by Crippen LogP contribution is 2.38. The molecule has 0 bridgehead atoms. The predicted molar refractivity (Wildman–Crippen MR) is 151 cm³/mol. The van der Waals surface area contributed by atoms with Crippen LogP contribution in [0.5, 0.6) is 0 Å². The van der Waals surface area contributed by atoms with Gasteiger partial charge < -0.3 is 9.80 Å². The number of piperazine rings is 1. The van der Waals surface area contributed by atoms with Gasteiger partial charge in [-0.15, -0.1) is 0 Å². The summed E-state index contributed by atoms with van der Waals surface area (Å²) < 4.78 is 0. The molecule has 0 spiro atoms. The lowest BCUT2D eigenvalue weighted by atomic mass is 9.82. The summed E-state index contributed by atoms with van der Waals surface area (Å²) in [4.78, 5) is 14.0. The summed E-state index contributed by atoms with van der Waals surface area (Å²) in [6, 6.07) is 12.4. The smallest absolute Gasteiger partial charge is 0.140 e. The van der Waals surface area contributed by atoms with Crippen molar-refractivity contribution in [2.24, 2.45) is 0 Å². The van der Waals surface area contributed by atoms with Gasteiger partial charge in [-0.2, -0.15) is 5.26 Å². The van der Waals surface area contributed by atoms with Gasteiger partial charge >= 0.3 is 0 Å². The van der Waals surface area contributed by atoms with Gasteiger partial charge in [0.2, 0.25) is 0 Å². The number of unbranched alkanes of at least 4 members (excludes halogenated alkanes) is 1. The van der Waals surface area contributed by atoms with Crippen LogP contribution in [-0.2, 0) is 12.8 Å². The number of fused-ring (bicyclic) bond motifs is 2. The number of hydrogen-bond donors (Lipinski definition) is 0. The van der Waals surface area contributed by atoms with Gasteiger partial charge in [0, 0.05) is 54.9 Å². The van der Waals surface area contributed by atoms with Crippen molar-refractivity contribution in [2.75, 3.05) is 26.2 Å². The Morgan fingerprint density at radius 1 is 1.14 bits per heavy atom. The predicted octanol–water partition coefficient (Wildman–Crippen LogP) is 6.72. The van der Waals surface area contributed by atoms with E-state index in [4.69, 9.17) is 16.6 Å². The van der Waals surface area contributed by atoms with Crippen LogP contribution in [0.1, 0.15) is 66.6 Å². The summed E-state index contributed by atoms with van der Waals surface area (Å²) in [6.45, 7) is 14.8. The van der Waals surface area contributed by atoms with Gasteiger partial charge in [-0.3, -0.25) is 4.98 Å². The molecule has 0 amide bonds. The molecule has 1 fully saturated rings. The number of benzene rings is 1. The number of nitriles is 1. The topological polar surface area (TPSA) is 56.1 Å². The summed E-state index contributed by atoms with van der Waals surface area (Å²) in [7, 11) is 0. The van der Waals surface area contributed by atoms with E-state index in [2.05, 4.69) is 59.1 Å². The molecule has 5 nitrogen and oxygen atoms in total. The molecule has 3 heterocycles. The van der Waals surface area contributed by atoms with E-state index in [0.717, 1.165) is 95.9 Å². The molecule has 1 saturated heterocycles. The second-order valence-electron chi connectivity index (χ2n) is 10.2. The highest BCUT2D eigenvalue weighted by atomic mass is 35.5. The van der Waals surface area contributed by atoms with E-state index in [1.54, 1.807) is 6.20 Å². The molecule has 6 heteroatoms. The third-order valence-electron chi connectivity index (χ3n) is 7.92. The van der Waals surface area contributed by atoms with Gasteiger partial charge in [0.25, 0.3) is 0 Å². The SMILES string of the molecule is C=C(CCCC)N1CCN(C(=C)c2ccc3c(Cl)c4c(nc3c2)CC(c2ccnc(C#N)c2)CC4)CC1. The van der Waals surface area contributed by atoms with Crippen LogP contribution in [0.4, 0.5) is 0 Å². The summed E-state index contributed by atoms with van der Waals surface area (Å²) in [5.74, 6) is 0.310. The first-order valence-corrected chi connectivity index (χ1v) is 13.7. The molecule has 1 aromatic carbocycles. The fourth-order valence-corrected chi connectivity index (χ4v) is 5.99. The Morgan fingerprint density at radius 3 is 2.68 bits per heavy atom. The molecule has 190 valence electrons. The number of hydrogen-bond acceptors (Lipinski definition) is 5. The minimum atomic E-state index is 0.310. The van der Waals surface area contributed by atoms with Gasteiger partial charge in [0.05, 0.1) is 10.5 Å². The maximum Gasteiger partial charge on any atom is 0.140 e. The van der Waals surface area contributed by atoms with Crippen LogP contribution in [0.3, 0.4) is 0 Å². The molecule has 1 aliphatic heterocycles. The Hall–Kier alpha value is -3.36. The van der Waals surface area contributed by atoms with E-state index in [1.165, 1.54) is 18.5 Å².